The van der Waals surface area contributed by atoms with E-state index in [4.69, 9.17) is 0 Å². The number of hydrogen-bond donors (Lipinski definition) is 2. The third-order valence-corrected chi connectivity index (χ3v) is 2.95. The molecule has 0 fully saturated rings. The molecule has 1 aromatic carbocycles. The molecule has 0 aliphatic rings. The van der Waals surface area contributed by atoms with Crippen molar-refractivity contribution in [1.82, 2.24) is 15.6 Å². The van der Waals surface area contributed by atoms with Crippen molar-refractivity contribution in [2.45, 2.75) is 19.5 Å². The molecule has 2 aromatic rings. The van der Waals surface area contributed by atoms with Gasteiger partial charge in [0, 0.05) is 18.3 Å². The van der Waals surface area contributed by atoms with Gasteiger partial charge >= 0.3 is 0 Å². The molecule has 2 rings (SSSR count). The second kappa shape index (κ2) is 7.87. The predicted octanol–water partition coefficient (Wildman–Crippen LogP) is 1.54. The van der Waals surface area contributed by atoms with E-state index in [9.17, 15) is 14.0 Å². The summed E-state index contributed by atoms with van der Waals surface area (Å²) in [5, 5.41) is 5.12. The lowest BCUT2D eigenvalue weighted by atomic mass is 10.2. The van der Waals surface area contributed by atoms with Crippen LogP contribution in [0.4, 0.5) is 4.39 Å². The van der Waals surface area contributed by atoms with Gasteiger partial charge in [0.15, 0.2) is 0 Å². The van der Waals surface area contributed by atoms with Crippen LogP contribution in [0.25, 0.3) is 0 Å². The summed E-state index contributed by atoms with van der Waals surface area (Å²) in [5.74, 6) is -1.25. The number of aromatic nitrogens is 1. The van der Waals surface area contributed by atoms with E-state index >= 15 is 0 Å². The maximum atomic E-state index is 13.4. The molecule has 0 unspecified atom stereocenters. The number of rotatable bonds is 6. The number of pyridine rings is 1. The quantitative estimate of drug-likeness (QED) is 0.795. The summed E-state index contributed by atoms with van der Waals surface area (Å²) in [7, 11) is 0. The van der Waals surface area contributed by atoms with Crippen molar-refractivity contribution >= 4 is 11.8 Å². The monoisotopic (exact) mass is 301 g/mol. The summed E-state index contributed by atoms with van der Waals surface area (Å²) in [4.78, 5) is 27.3. The van der Waals surface area contributed by atoms with Gasteiger partial charge in [0.1, 0.15) is 12.2 Å². The van der Waals surface area contributed by atoms with Gasteiger partial charge in [-0.1, -0.05) is 24.3 Å². The minimum absolute atomic E-state index is 0.0546. The Bertz CT molecular complexity index is 647. The molecular weight excluding hydrogens is 285 g/mol. The standard InChI is InChI=1S/C16H16FN3O2/c17-14-7-2-1-5-12(14)10-19-15(21)9-16(22)20-11-13-6-3-4-8-18-13/h1-8H,9-11H2,(H,19,21)(H,20,22). The highest BCUT2D eigenvalue weighted by molar-refractivity contribution is 5.96. The van der Waals surface area contributed by atoms with Crippen LogP contribution in [0.2, 0.25) is 0 Å². The van der Waals surface area contributed by atoms with Gasteiger partial charge in [0.2, 0.25) is 11.8 Å². The lowest BCUT2D eigenvalue weighted by Gasteiger charge is -2.07. The van der Waals surface area contributed by atoms with Crippen molar-refractivity contribution in [3.63, 3.8) is 0 Å². The molecule has 6 heteroatoms. The Hall–Kier alpha value is -2.76. The Labute approximate surface area is 127 Å². The minimum Gasteiger partial charge on any atom is -0.351 e. The first-order valence-electron chi connectivity index (χ1n) is 6.82. The van der Waals surface area contributed by atoms with Crippen LogP contribution in [0.15, 0.2) is 48.7 Å². The minimum atomic E-state index is -0.457. The lowest BCUT2D eigenvalue weighted by Crippen LogP contribution is -2.31. The number of nitrogens with one attached hydrogen (secondary N) is 2. The van der Waals surface area contributed by atoms with Gasteiger partial charge < -0.3 is 10.6 Å². The highest BCUT2D eigenvalue weighted by Crippen LogP contribution is 2.05. The highest BCUT2D eigenvalue weighted by atomic mass is 19.1. The van der Waals surface area contributed by atoms with Gasteiger partial charge in [-0.15, -0.1) is 0 Å². The fourth-order valence-corrected chi connectivity index (χ4v) is 1.80. The Kier molecular flexibility index (Phi) is 5.59. The summed E-state index contributed by atoms with van der Waals surface area (Å²) in [6.07, 6.45) is 1.32. The number of halogens is 1. The lowest BCUT2D eigenvalue weighted by molar-refractivity contribution is -0.129. The molecule has 0 saturated carbocycles. The second-order valence-corrected chi connectivity index (χ2v) is 4.64. The largest absolute Gasteiger partial charge is 0.351 e. The van der Waals surface area contributed by atoms with Crippen LogP contribution in [0.5, 0.6) is 0 Å². The molecule has 1 heterocycles. The molecule has 0 aliphatic heterocycles. The van der Waals surface area contributed by atoms with E-state index < -0.39 is 11.8 Å². The fraction of sp³-hybridized carbons (Fsp3) is 0.188. The van der Waals surface area contributed by atoms with Crippen molar-refractivity contribution in [3.05, 3.63) is 65.7 Å². The molecule has 0 radical (unpaired) electrons. The Morgan fingerprint density at radius 1 is 0.955 bits per heavy atom. The van der Waals surface area contributed by atoms with Gasteiger partial charge in [-0.2, -0.15) is 0 Å². The van der Waals surface area contributed by atoms with Gasteiger partial charge in [0.05, 0.1) is 12.2 Å². The van der Waals surface area contributed by atoms with Crippen LogP contribution in [-0.2, 0) is 22.7 Å². The van der Waals surface area contributed by atoms with Crippen LogP contribution >= 0.6 is 0 Å². The molecule has 0 saturated heterocycles. The first-order valence-corrected chi connectivity index (χ1v) is 6.82. The number of amides is 2. The molecule has 0 bridgehead atoms. The summed E-state index contributed by atoms with van der Waals surface area (Å²) in [6.45, 7) is 0.319. The summed E-state index contributed by atoms with van der Waals surface area (Å²) < 4.78 is 13.4. The maximum Gasteiger partial charge on any atom is 0.229 e. The highest BCUT2D eigenvalue weighted by Gasteiger charge is 2.10. The van der Waals surface area contributed by atoms with Crippen molar-refractivity contribution in [3.8, 4) is 0 Å². The molecule has 1 aromatic heterocycles. The Morgan fingerprint density at radius 2 is 1.64 bits per heavy atom. The average molecular weight is 301 g/mol. The van der Waals surface area contributed by atoms with E-state index in [0.717, 1.165) is 0 Å². The number of carbonyl (C=O) groups excluding carboxylic acids is 2. The van der Waals surface area contributed by atoms with Crippen molar-refractivity contribution in [1.29, 1.82) is 0 Å². The number of nitrogens with zero attached hydrogens (tertiary/aromatic N) is 1. The third kappa shape index (κ3) is 4.97. The number of carbonyl (C=O) groups is 2. The van der Waals surface area contributed by atoms with Gasteiger partial charge in [0.25, 0.3) is 0 Å². The third-order valence-electron chi connectivity index (χ3n) is 2.95. The van der Waals surface area contributed by atoms with E-state index in [-0.39, 0.29) is 25.3 Å². The van der Waals surface area contributed by atoms with Crippen LogP contribution in [0, 0.1) is 5.82 Å². The number of benzene rings is 1. The van der Waals surface area contributed by atoms with Crippen molar-refractivity contribution in [2.75, 3.05) is 0 Å². The van der Waals surface area contributed by atoms with Crippen LogP contribution in [-0.4, -0.2) is 16.8 Å². The smallest absolute Gasteiger partial charge is 0.229 e. The molecule has 0 aliphatic carbocycles. The van der Waals surface area contributed by atoms with E-state index in [1.165, 1.54) is 6.07 Å². The maximum absolute atomic E-state index is 13.4. The Balaban J connectivity index is 1.72. The Morgan fingerprint density at radius 3 is 2.32 bits per heavy atom. The predicted molar refractivity (Wildman–Crippen MR) is 78.9 cm³/mol. The molecule has 5 nitrogen and oxygen atoms in total. The zero-order chi connectivity index (χ0) is 15.8. The molecule has 2 amide bonds. The van der Waals surface area contributed by atoms with Crippen molar-refractivity contribution < 1.29 is 14.0 Å². The van der Waals surface area contributed by atoms with Crippen LogP contribution < -0.4 is 10.6 Å². The molecule has 114 valence electrons. The molecular formula is C16H16FN3O2. The topological polar surface area (TPSA) is 71.1 Å². The first-order chi connectivity index (χ1) is 10.6. The number of hydrogen-bond acceptors (Lipinski definition) is 3. The molecule has 22 heavy (non-hydrogen) atoms. The van der Waals surface area contributed by atoms with E-state index in [1.807, 2.05) is 6.07 Å². The molecule has 0 atom stereocenters. The second-order valence-electron chi connectivity index (χ2n) is 4.64. The van der Waals surface area contributed by atoms with E-state index in [1.54, 1.807) is 36.5 Å². The summed E-state index contributed by atoms with van der Waals surface area (Å²) in [5.41, 5.74) is 1.09. The summed E-state index contributed by atoms with van der Waals surface area (Å²) >= 11 is 0. The van der Waals surface area contributed by atoms with Gasteiger partial charge in [-0.25, -0.2) is 4.39 Å². The first kappa shape index (κ1) is 15.6. The van der Waals surface area contributed by atoms with E-state index in [2.05, 4.69) is 15.6 Å². The van der Waals surface area contributed by atoms with Gasteiger partial charge in [-0.3, -0.25) is 14.6 Å². The average Bonchev–Trinajstić information content (AvgIpc) is 2.53. The van der Waals surface area contributed by atoms with E-state index in [0.29, 0.717) is 11.3 Å². The van der Waals surface area contributed by atoms with Crippen molar-refractivity contribution in [2.24, 2.45) is 0 Å². The van der Waals surface area contributed by atoms with Crippen LogP contribution in [0.1, 0.15) is 17.7 Å². The zero-order valence-corrected chi connectivity index (χ0v) is 11.9. The van der Waals surface area contributed by atoms with Crippen LogP contribution in [0.3, 0.4) is 0 Å². The van der Waals surface area contributed by atoms with Gasteiger partial charge in [-0.05, 0) is 18.2 Å². The molecule has 0 spiro atoms. The fourth-order valence-electron chi connectivity index (χ4n) is 1.80. The normalized spacial score (nSPS) is 10.0. The SMILES string of the molecule is O=C(CC(=O)NCc1ccccc1F)NCc1ccccn1. The molecule has 2 N–H and O–H groups in total. The zero-order valence-electron chi connectivity index (χ0n) is 11.9. The summed E-state index contributed by atoms with van der Waals surface area (Å²) in [6, 6.07) is 11.5.